The van der Waals surface area contributed by atoms with Gasteiger partial charge in [0, 0.05) is 38.7 Å². The first-order valence-corrected chi connectivity index (χ1v) is 7.81. The Morgan fingerprint density at radius 3 is 2.16 bits per heavy atom. The number of H-pyrrole nitrogens is 2. The van der Waals surface area contributed by atoms with Crippen LogP contribution in [0.4, 0.5) is 0 Å². The number of carbonyl (C=O) groups is 3. The molecule has 0 bridgehead atoms. The summed E-state index contributed by atoms with van der Waals surface area (Å²) in [6.07, 6.45) is -0.00232. The van der Waals surface area contributed by atoms with Gasteiger partial charge in [0.25, 0.3) is 11.5 Å². The van der Waals surface area contributed by atoms with Gasteiger partial charge in [-0.3, -0.25) is 24.2 Å². The van der Waals surface area contributed by atoms with Gasteiger partial charge in [0.05, 0.1) is 5.41 Å². The topological polar surface area (TPSA) is 149 Å². The zero-order valence-electron chi connectivity index (χ0n) is 14.1. The van der Waals surface area contributed by atoms with Crippen molar-refractivity contribution in [1.82, 2.24) is 19.8 Å². The second kappa shape index (κ2) is 6.91. The van der Waals surface area contributed by atoms with E-state index in [4.69, 9.17) is 5.73 Å². The molecular formula is C15H21N5O5. The van der Waals surface area contributed by atoms with Crippen LogP contribution < -0.4 is 17.0 Å². The third kappa shape index (κ3) is 4.34. The fourth-order valence-corrected chi connectivity index (χ4v) is 2.49. The molecule has 25 heavy (non-hydrogen) atoms. The summed E-state index contributed by atoms with van der Waals surface area (Å²) in [6, 6.07) is 1.02. The van der Waals surface area contributed by atoms with Gasteiger partial charge < -0.3 is 20.5 Å². The van der Waals surface area contributed by atoms with E-state index in [0.29, 0.717) is 13.1 Å². The van der Waals surface area contributed by atoms with E-state index in [-0.39, 0.29) is 31.1 Å². The lowest BCUT2D eigenvalue weighted by Crippen LogP contribution is -2.52. The van der Waals surface area contributed by atoms with Crippen LogP contribution in [0.3, 0.4) is 0 Å². The molecule has 0 spiro atoms. The van der Waals surface area contributed by atoms with Gasteiger partial charge in [-0.1, -0.05) is 13.8 Å². The van der Waals surface area contributed by atoms with Crippen LogP contribution in [-0.2, 0) is 9.59 Å². The van der Waals surface area contributed by atoms with Gasteiger partial charge in [0.15, 0.2) is 0 Å². The quantitative estimate of drug-likeness (QED) is 0.588. The first kappa shape index (κ1) is 18.4. The average molecular weight is 351 g/mol. The third-order valence-electron chi connectivity index (χ3n) is 4.17. The highest BCUT2D eigenvalue weighted by atomic mass is 16.2. The van der Waals surface area contributed by atoms with Crippen molar-refractivity contribution in [3.63, 3.8) is 0 Å². The highest BCUT2D eigenvalue weighted by Crippen LogP contribution is 2.21. The average Bonchev–Trinajstić information content (AvgIpc) is 2.52. The fraction of sp³-hybridized carbons (Fsp3) is 0.533. The maximum absolute atomic E-state index is 12.3. The molecule has 1 saturated heterocycles. The van der Waals surface area contributed by atoms with E-state index in [1.54, 1.807) is 18.7 Å². The number of nitrogens with two attached hydrogens (primary N) is 1. The molecule has 0 atom stereocenters. The largest absolute Gasteiger partial charge is 0.369 e. The Kier molecular flexibility index (Phi) is 5.10. The van der Waals surface area contributed by atoms with E-state index in [1.807, 2.05) is 4.98 Å². The minimum atomic E-state index is -0.936. The molecule has 4 N–H and O–H groups in total. The lowest BCUT2D eigenvalue weighted by molar-refractivity contribution is -0.139. The number of rotatable bonds is 4. The van der Waals surface area contributed by atoms with Gasteiger partial charge in [-0.15, -0.1) is 0 Å². The molecule has 1 aromatic heterocycles. The van der Waals surface area contributed by atoms with E-state index >= 15 is 0 Å². The van der Waals surface area contributed by atoms with Crippen LogP contribution >= 0.6 is 0 Å². The molecule has 1 fully saturated rings. The summed E-state index contributed by atoms with van der Waals surface area (Å²) in [7, 11) is 0. The number of aromatic amines is 2. The minimum absolute atomic E-state index is 0.00232. The van der Waals surface area contributed by atoms with E-state index in [9.17, 15) is 24.0 Å². The Bertz CT molecular complexity index is 773. The number of hydrogen-bond donors (Lipinski definition) is 3. The highest BCUT2D eigenvalue weighted by Gasteiger charge is 2.32. The van der Waals surface area contributed by atoms with E-state index in [2.05, 4.69) is 4.98 Å². The Morgan fingerprint density at radius 1 is 1.08 bits per heavy atom. The van der Waals surface area contributed by atoms with E-state index < -0.39 is 28.5 Å². The summed E-state index contributed by atoms with van der Waals surface area (Å²) in [5, 5.41) is 0. The SMILES string of the molecule is CC(C)(CC(=O)N1CCN(C(=O)c2cc(=O)[nH]c(=O)[nH]2)CC1)C(N)=O. The standard InChI is InChI=1S/C15H21N5O5/c1-15(2,13(16)24)8-11(22)19-3-5-20(6-4-19)12(23)9-7-10(21)18-14(25)17-9/h7H,3-6,8H2,1-2H3,(H2,16,24)(H2,17,18,21,25). The Balaban J connectivity index is 1.98. The third-order valence-corrected chi connectivity index (χ3v) is 4.17. The molecule has 0 unspecified atom stereocenters. The van der Waals surface area contributed by atoms with Gasteiger partial charge in [-0.2, -0.15) is 0 Å². The number of carbonyl (C=O) groups excluding carboxylic acids is 3. The van der Waals surface area contributed by atoms with Crippen LogP contribution in [0.15, 0.2) is 15.7 Å². The second-order valence-electron chi connectivity index (χ2n) is 6.60. The van der Waals surface area contributed by atoms with Crippen molar-refractivity contribution >= 4 is 17.7 Å². The number of nitrogens with zero attached hydrogens (tertiary/aromatic N) is 2. The van der Waals surface area contributed by atoms with Gasteiger partial charge >= 0.3 is 5.69 Å². The number of primary amides is 1. The first-order chi connectivity index (χ1) is 11.6. The van der Waals surface area contributed by atoms with Crippen molar-refractivity contribution in [1.29, 1.82) is 0 Å². The monoisotopic (exact) mass is 351 g/mol. The molecule has 0 saturated carbocycles. The molecule has 1 aliphatic heterocycles. The van der Waals surface area contributed by atoms with Crippen LogP contribution in [0.2, 0.25) is 0 Å². The molecule has 0 radical (unpaired) electrons. The predicted octanol–water partition coefficient (Wildman–Crippen LogP) is -1.75. The zero-order chi connectivity index (χ0) is 18.8. The van der Waals surface area contributed by atoms with Crippen molar-refractivity contribution in [2.75, 3.05) is 26.2 Å². The molecule has 10 heteroatoms. The molecule has 3 amide bonds. The zero-order valence-corrected chi connectivity index (χ0v) is 14.1. The van der Waals surface area contributed by atoms with E-state index in [1.165, 1.54) is 4.90 Å². The van der Waals surface area contributed by atoms with Gasteiger partial charge in [0.2, 0.25) is 11.8 Å². The Labute approximate surface area is 143 Å². The summed E-state index contributed by atoms with van der Waals surface area (Å²) >= 11 is 0. The van der Waals surface area contributed by atoms with Crippen LogP contribution in [0.1, 0.15) is 30.8 Å². The number of aromatic nitrogens is 2. The molecule has 2 rings (SSSR count). The molecule has 1 aromatic rings. The molecule has 0 aromatic carbocycles. The Morgan fingerprint density at radius 2 is 1.64 bits per heavy atom. The van der Waals surface area contributed by atoms with E-state index in [0.717, 1.165) is 6.07 Å². The maximum atomic E-state index is 12.3. The summed E-state index contributed by atoms with van der Waals surface area (Å²) in [4.78, 5) is 65.8. The van der Waals surface area contributed by atoms with Crippen LogP contribution in [0.5, 0.6) is 0 Å². The lowest BCUT2D eigenvalue weighted by atomic mass is 9.88. The summed E-state index contributed by atoms with van der Waals surface area (Å²) in [5.41, 5.74) is 2.84. The second-order valence-corrected chi connectivity index (χ2v) is 6.60. The Hall–Kier alpha value is -2.91. The molecule has 1 aliphatic rings. The smallest absolute Gasteiger partial charge is 0.326 e. The first-order valence-electron chi connectivity index (χ1n) is 7.81. The van der Waals surface area contributed by atoms with Crippen molar-refractivity contribution in [3.8, 4) is 0 Å². The summed E-state index contributed by atoms with van der Waals surface area (Å²) < 4.78 is 0. The highest BCUT2D eigenvalue weighted by molar-refractivity contribution is 5.92. The molecular weight excluding hydrogens is 330 g/mol. The number of amides is 3. The van der Waals surface area contributed by atoms with Crippen LogP contribution in [0, 0.1) is 5.41 Å². The number of nitrogens with one attached hydrogen (secondary N) is 2. The minimum Gasteiger partial charge on any atom is -0.369 e. The molecule has 2 heterocycles. The lowest BCUT2D eigenvalue weighted by Gasteiger charge is -2.35. The van der Waals surface area contributed by atoms with Gasteiger partial charge in [-0.25, -0.2) is 4.79 Å². The molecule has 136 valence electrons. The van der Waals surface area contributed by atoms with Crippen molar-refractivity contribution in [2.24, 2.45) is 11.1 Å². The molecule has 10 nitrogen and oxygen atoms in total. The van der Waals surface area contributed by atoms with Crippen molar-refractivity contribution in [3.05, 3.63) is 32.6 Å². The molecule has 0 aliphatic carbocycles. The summed E-state index contributed by atoms with van der Waals surface area (Å²) in [5.74, 6) is -1.24. The van der Waals surface area contributed by atoms with Crippen LogP contribution in [0.25, 0.3) is 0 Å². The van der Waals surface area contributed by atoms with Gasteiger partial charge in [0.1, 0.15) is 5.69 Å². The normalized spacial score (nSPS) is 15.1. The van der Waals surface area contributed by atoms with Crippen molar-refractivity contribution in [2.45, 2.75) is 20.3 Å². The fourth-order valence-electron chi connectivity index (χ4n) is 2.49. The van der Waals surface area contributed by atoms with Crippen molar-refractivity contribution < 1.29 is 14.4 Å². The number of piperazine rings is 1. The van der Waals surface area contributed by atoms with Gasteiger partial charge in [-0.05, 0) is 0 Å². The number of hydrogen-bond acceptors (Lipinski definition) is 5. The van der Waals surface area contributed by atoms with Crippen LogP contribution in [-0.4, -0.2) is 63.7 Å². The summed E-state index contributed by atoms with van der Waals surface area (Å²) in [6.45, 7) is 4.33. The predicted molar refractivity (Wildman–Crippen MR) is 87.8 cm³/mol. The maximum Gasteiger partial charge on any atom is 0.326 e.